The fraction of sp³-hybridized carbons (Fsp3) is 0.562. The Morgan fingerprint density at radius 2 is 2.00 bits per heavy atom. The molecule has 6 heteroatoms. The standard InChI is InChI=1S/C16H18N2O4/c19-12-7-11(6-5-9-1-2-9)13-14(20)17-16(18-15(13)22-12)21-8-10-3-4-10/h7,9-10H,1-6,8H2,(H,17,18,20). The summed E-state index contributed by atoms with van der Waals surface area (Å²) in [5.74, 6) is 1.29. The van der Waals surface area contributed by atoms with Gasteiger partial charge in [0.05, 0.1) is 6.61 Å². The Balaban J connectivity index is 1.69. The highest BCUT2D eigenvalue weighted by Gasteiger charge is 2.24. The van der Waals surface area contributed by atoms with Crippen LogP contribution in [0.5, 0.6) is 6.01 Å². The molecule has 0 bridgehead atoms. The fourth-order valence-corrected chi connectivity index (χ4v) is 2.64. The smallest absolute Gasteiger partial charge is 0.337 e. The van der Waals surface area contributed by atoms with Gasteiger partial charge in [-0.2, -0.15) is 4.98 Å². The van der Waals surface area contributed by atoms with Gasteiger partial charge in [-0.15, -0.1) is 0 Å². The van der Waals surface area contributed by atoms with E-state index in [-0.39, 0.29) is 17.3 Å². The summed E-state index contributed by atoms with van der Waals surface area (Å²) in [6, 6.07) is 1.54. The van der Waals surface area contributed by atoms with Crippen molar-refractivity contribution < 1.29 is 9.15 Å². The molecule has 2 aromatic heterocycles. The van der Waals surface area contributed by atoms with Crippen molar-refractivity contribution in [1.82, 2.24) is 9.97 Å². The number of rotatable bonds is 6. The molecule has 22 heavy (non-hydrogen) atoms. The molecular formula is C16H18N2O4. The summed E-state index contributed by atoms with van der Waals surface area (Å²) >= 11 is 0. The SMILES string of the molecule is O=c1cc(CCC2CC2)c2c(=O)[nH]c(OCC3CC3)nc2o1. The number of nitrogens with zero attached hydrogens (tertiary/aromatic N) is 1. The zero-order valence-corrected chi connectivity index (χ0v) is 12.3. The van der Waals surface area contributed by atoms with Crippen molar-refractivity contribution in [1.29, 1.82) is 0 Å². The second-order valence-corrected chi connectivity index (χ2v) is 6.38. The van der Waals surface area contributed by atoms with E-state index in [9.17, 15) is 9.59 Å². The third-order valence-electron chi connectivity index (χ3n) is 4.35. The molecule has 0 radical (unpaired) electrons. The molecule has 0 saturated heterocycles. The molecule has 0 spiro atoms. The van der Waals surface area contributed by atoms with Crippen molar-refractivity contribution in [3.05, 3.63) is 32.4 Å². The van der Waals surface area contributed by atoms with E-state index in [0.29, 0.717) is 24.3 Å². The average molecular weight is 302 g/mol. The van der Waals surface area contributed by atoms with Crippen LogP contribution >= 0.6 is 0 Å². The molecule has 0 amide bonds. The van der Waals surface area contributed by atoms with Gasteiger partial charge in [0.25, 0.3) is 11.6 Å². The van der Waals surface area contributed by atoms with Gasteiger partial charge in [0.1, 0.15) is 5.39 Å². The number of hydrogen-bond donors (Lipinski definition) is 1. The first-order valence-electron chi connectivity index (χ1n) is 7.89. The lowest BCUT2D eigenvalue weighted by atomic mass is 10.1. The molecule has 0 aliphatic heterocycles. The summed E-state index contributed by atoms with van der Waals surface area (Å²) in [4.78, 5) is 30.8. The van der Waals surface area contributed by atoms with Crippen LogP contribution in [0.2, 0.25) is 0 Å². The van der Waals surface area contributed by atoms with Crippen LogP contribution in [-0.4, -0.2) is 16.6 Å². The van der Waals surface area contributed by atoms with Crippen LogP contribution in [0.25, 0.3) is 11.1 Å². The summed E-state index contributed by atoms with van der Waals surface area (Å²) in [7, 11) is 0. The third-order valence-corrected chi connectivity index (χ3v) is 4.35. The van der Waals surface area contributed by atoms with Crippen LogP contribution in [0.15, 0.2) is 20.1 Å². The molecule has 2 heterocycles. The Bertz CT molecular complexity index is 815. The summed E-state index contributed by atoms with van der Waals surface area (Å²) < 4.78 is 10.6. The van der Waals surface area contributed by atoms with Crippen LogP contribution in [0.4, 0.5) is 0 Å². The van der Waals surface area contributed by atoms with Gasteiger partial charge in [-0.05, 0) is 43.1 Å². The van der Waals surface area contributed by atoms with Gasteiger partial charge >= 0.3 is 5.63 Å². The molecule has 6 nitrogen and oxygen atoms in total. The number of aryl methyl sites for hydroxylation is 1. The van der Waals surface area contributed by atoms with Gasteiger partial charge in [-0.3, -0.25) is 9.78 Å². The van der Waals surface area contributed by atoms with E-state index in [4.69, 9.17) is 9.15 Å². The number of H-pyrrole nitrogens is 1. The Morgan fingerprint density at radius 3 is 2.73 bits per heavy atom. The minimum atomic E-state index is -0.468. The normalized spacial score (nSPS) is 17.8. The Labute approximate surface area is 126 Å². The predicted octanol–water partition coefficient (Wildman–Crippen LogP) is 2.01. The van der Waals surface area contributed by atoms with Gasteiger partial charge in [-0.1, -0.05) is 12.8 Å². The number of hydrogen-bond acceptors (Lipinski definition) is 5. The molecule has 2 aliphatic carbocycles. The highest BCUT2D eigenvalue weighted by atomic mass is 16.5. The largest absolute Gasteiger partial charge is 0.464 e. The maximum Gasteiger partial charge on any atom is 0.337 e. The zero-order chi connectivity index (χ0) is 15.1. The highest BCUT2D eigenvalue weighted by molar-refractivity contribution is 5.75. The number of ether oxygens (including phenoxy) is 1. The lowest BCUT2D eigenvalue weighted by molar-refractivity contribution is 0.275. The highest BCUT2D eigenvalue weighted by Crippen LogP contribution is 2.34. The minimum Gasteiger partial charge on any atom is -0.464 e. The Hall–Kier alpha value is -2.11. The lowest BCUT2D eigenvalue weighted by Crippen LogP contribution is -2.16. The maximum atomic E-state index is 12.3. The first-order chi connectivity index (χ1) is 10.7. The molecule has 2 aromatic rings. The van der Waals surface area contributed by atoms with Crippen molar-refractivity contribution in [2.75, 3.05) is 6.61 Å². The monoisotopic (exact) mass is 302 g/mol. The van der Waals surface area contributed by atoms with E-state index in [2.05, 4.69) is 9.97 Å². The van der Waals surface area contributed by atoms with Crippen LogP contribution in [0.3, 0.4) is 0 Å². The number of aromatic nitrogens is 2. The summed E-state index contributed by atoms with van der Waals surface area (Å²) in [6.07, 6.45) is 6.49. The molecule has 0 unspecified atom stereocenters. The van der Waals surface area contributed by atoms with Crippen molar-refractivity contribution in [3.8, 4) is 6.01 Å². The van der Waals surface area contributed by atoms with E-state index in [1.165, 1.54) is 18.9 Å². The maximum absolute atomic E-state index is 12.3. The van der Waals surface area contributed by atoms with Gasteiger partial charge in [-0.25, -0.2) is 4.79 Å². The molecular weight excluding hydrogens is 284 g/mol. The van der Waals surface area contributed by atoms with Gasteiger partial charge in [0.15, 0.2) is 0 Å². The minimum absolute atomic E-state index is 0.0767. The molecule has 1 N–H and O–H groups in total. The molecule has 116 valence electrons. The molecule has 2 fully saturated rings. The Kier molecular flexibility index (Phi) is 3.24. The van der Waals surface area contributed by atoms with Crippen LogP contribution in [0.1, 0.15) is 37.7 Å². The molecule has 0 atom stereocenters. The van der Waals surface area contributed by atoms with E-state index in [0.717, 1.165) is 30.7 Å². The number of aromatic amines is 1. The van der Waals surface area contributed by atoms with E-state index >= 15 is 0 Å². The van der Waals surface area contributed by atoms with Crippen molar-refractivity contribution in [2.24, 2.45) is 11.8 Å². The average Bonchev–Trinajstić information content (AvgIpc) is 3.36. The van der Waals surface area contributed by atoms with E-state index in [1.54, 1.807) is 0 Å². The second-order valence-electron chi connectivity index (χ2n) is 6.38. The van der Waals surface area contributed by atoms with Gasteiger partial charge < -0.3 is 9.15 Å². The Morgan fingerprint density at radius 1 is 1.23 bits per heavy atom. The van der Waals surface area contributed by atoms with E-state index < -0.39 is 5.63 Å². The van der Waals surface area contributed by atoms with Crippen LogP contribution < -0.4 is 15.9 Å². The predicted molar refractivity (Wildman–Crippen MR) is 80.2 cm³/mol. The fourth-order valence-electron chi connectivity index (χ4n) is 2.64. The molecule has 2 aliphatic rings. The van der Waals surface area contributed by atoms with Crippen LogP contribution in [-0.2, 0) is 6.42 Å². The zero-order valence-electron chi connectivity index (χ0n) is 12.3. The van der Waals surface area contributed by atoms with E-state index in [1.807, 2.05) is 0 Å². The quantitative estimate of drug-likeness (QED) is 0.882. The summed E-state index contributed by atoms with van der Waals surface area (Å²) in [5, 5.41) is 0.374. The van der Waals surface area contributed by atoms with Crippen molar-refractivity contribution >= 4 is 11.1 Å². The van der Waals surface area contributed by atoms with Gasteiger partial charge in [0.2, 0.25) is 5.71 Å². The topological polar surface area (TPSA) is 85.2 Å². The first-order valence-corrected chi connectivity index (χ1v) is 7.89. The van der Waals surface area contributed by atoms with Gasteiger partial charge in [0, 0.05) is 6.07 Å². The molecule has 0 aromatic carbocycles. The van der Waals surface area contributed by atoms with Crippen molar-refractivity contribution in [2.45, 2.75) is 38.5 Å². The number of nitrogens with one attached hydrogen (secondary N) is 1. The number of fused-ring (bicyclic) bond motifs is 1. The summed E-state index contributed by atoms with van der Waals surface area (Å²) in [6.45, 7) is 0.542. The summed E-state index contributed by atoms with van der Waals surface area (Å²) in [5.41, 5.74) is 0.0309. The lowest BCUT2D eigenvalue weighted by Gasteiger charge is -2.06. The molecule has 4 rings (SSSR count). The van der Waals surface area contributed by atoms with Crippen molar-refractivity contribution in [3.63, 3.8) is 0 Å². The second kappa shape index (κ2) is 5.26. The first kappa shape index (κ1) is 13.5. The van der Waals surface area contributed by atoms with Crippen LogP contribution in [0, 0.1) is 11.8 Å². The third kappa shape index (κ3) is 2.91. The molecule has 2 saturated carbocycles.